The summed E-state index contributed by atoms with van der Waals surface area (Å²) in [4.78, 5) is 0. The van der Waals surface area contributed by atoms with Gasteiger partial charge in [0.25, 0.3) is 0 Å². The second-order valence-electron chi connectivity index (χ2n) is 2.99. The number of benzene rings is 1. The van der Waals surface area contributed by atoms with Gasteiger partial charge in [0.2, 0.25) is 0 Å². The highest BCUT2D eigenvalue weighted by atomic mass is 32.3. The average Bonchev–Trinajstić information content (AvgIpc) is 2.38. The molecule has 2 bridgehead atoms. The van der Waals surface area contributed by atoms with E-state index in [9.17, 15) is 0 Å². The summed E-state index contributed by atoms with van der Waals surface area (Å²) in [5.41, 5.74) is 1.48. The topological polar surface area (TPSA) is 85.6 Å². The maximum absolute atomic E-state index is 8.72. The van der Waals surface area contributed by atoms with Crippen molar-refractivity contribution in [1.29, 1.82) is 5.26 Å². The maximum atomic E-state index is 8.72. The van der Waals surface area contributed by atoms with Crippen molar-refractivity contribution in [2.45, 2.75) is 0 Å². The molecule has 1 aromatic carbocycles. The van der Waals surface area contributed by atoms with Crippen LogP contribution in [0.4, 0.5) is 0 Å². The lowest BCUT2D eigenvalue weighted by Gasteiger charge is -2.07. The molecular weight excluding hydrogens is 276 g/mol. The Labute approximate surface area is 106 Å². The number of hydrogen-bond acceptors (Lipinski definition) is 6. The summed E-state index contributed by atoms with van der Waals surface area (Å²) in [5, 5.41) is 8.72. The van der Waals surface area contributed by atoms with Gasteiger partial charge in [0.15, 0.2) is 28.0 Å². The molecule has 2 aliphatic rings. The minimum Gasteiger partial charge on any atom is -0.192 e. The first-order valence-electron chi connectivity index (χ1n) is 4.45. The summed E-state index contributed by atoms with van der Waals surface area (Å²) >= 11 is -0.216. The van der Waals surface area contributed by atoms with Crippen molar-refractivity contribution < 1.29 is 0 Å². The van der Waals surface area contributed by atoms with Crippen molar-refractivity contribution in [3.05, 3.63) is 35.4 Å². The Hall–Kier alpha value is -1.50. The van der Waals surface area contributed by atoms with Crippen LogP contribution in [0.3, 0.4) is 0 Å². The lowest BCUT2D eigenvalue weighted by atomic mass is 10.1. The smallest absolute Gasteiger partial charge is 0.180 e. The molecule has 2 aliphatic heterocycles. The number of fused-ring (bicyclic) bond motifs is 1. The Balaban J connectivity index is 2.02. The minimum atomic E-state index is -0.672. The van der Waals surface area contributed by atoms with Crippen molar-refractivity contribution in [3.63, 3.8) is 0 Å². The Bertz CT molecular complexity index is 687. The van der Waals surface area contributed by atoms with Crippen molar-refractivity contribution in [1.82, 2.24) is 0 Å². The third kappa shape index (κ3) is 2.14. The van der Waals surface area contributed by atoms with Gasteiger partial charge in [0.05, 0.1) is 23.0 Å². The number of rotatable bonds is 1. The lowest BCUT2D eigenvalue weighted by Crippen LogP contribution is -2.05. The lowest BCUT2D eigenvalue weighted by molar-refractivity contribution is 1.47. The van der Waals surface area contributed by atoms with Crippen LogP contribution in [0.15, 0.2) is 44.3 Å². The van der Waals surface area contributed by atoms with Crippen LogP contribution in [0.5, 0.6) is 0 Å². The van der Waals surface area contributed by atoms with Gasteiger partial charge in [0.1, 0.15) is 0 Å². The second-order valence-corrected chi connectivity index (χ2v) is 6.29. The molecule has 17 heavy (non-hydrogen) atoms. The van der Waals surface area contributed by atoms with Crippen molar-refractivity contribution in [2.24, 2.45) is 20.1 Å². The van der Waals surface area contributed by atoms with E-state index < -0.39 is 22.1 Å². The molecule has 9 heteroatoms. The summed E-state index contributed by atoms with van der Waals surface area (Å²) in [6, 6.07) is 9.20. The fourth-order valence-corrected chi connectivity index (χ4v) is 4.40. The van der Waals surface area contributed by atoms with Crippen molar-refractivity contribution in [3.8, 4) is 6.07 Å². The monoisotopic (exact) mass is 280 g/mol. The van der Waals surface area contributed by atoms with Crippen LogP contribution in [-0.2, 0) is 33.5 Å². The van der Waals surface area contributed by atoms with E-state index >= 15 is 0 Å². The van der Waals surface area contributed by atoms with Crippen LogP contribution in [0.25, 0.3) is 0 Å². The number of nitrogens with zero attached hydrogens (tertiary/aromatic N) is 6. The standard InChI is InChI=1S/C8H4N6S3/c9-5-6-1-3-7(4-2-6)8-10-16-12-15-13-17(11-8)14-16/h1-4H. The van der Waals surface area contributed by atoms with Gasteiger partial charge in [-0.2, -0.15) is 14.0 Å². The summed E-state index contributed by atoms with van der Waals surface area (Å²) in [5.74, 6) is 0.615. The molecule has 1 aromatic rings. The van der Waals surface area contributed by atoms with Crippen LogP contribution in [0, 0.1) is 11.3 Å². The third-order valence-corrected chi connectivity index (χ3v) is 5.28. The van der Waals surface area contributed by atoms with Gasteiger partial charge >= 0.3 is 0 Å². The summed E-state index contributed by atoms with van der Waals surface area (Å²) in [7, 11) is 0. The van der Waals surface area contributed by atoms with Gasteiger partial charge in [-0.3, -0.25) is 0 Å². The molecule has 0 radical (unpaired) electrons. The Morgan fingerprint density at radius 2 is 1.88 bits per heavy atom. The first-order valence-corrected chi connectivity index (χ1v) is 7.37. The van der Waals surface area contributed by atoms with E-state index in [1.807, 2.05) is 12.1 Å². The largest absolute Gasteiger partial charge is 0.192 e. The molecule has 0 N–H and O–H groups in total. The fraction of sp³-hybridized carbons (Fsp3) is 0. The molecule has 0 amide bonds. The highest BCUT2D eigenvalue weighted by Crippen LogP contribution is 2.16. The second kappa shape index (κ2) is 4.40. The van der Waals surface area contributed by atoms with Crippen LogP contribution in [0.1, 0.15) is 11.1 Å². The predicted octanol–water partition coefficient (Wildman–Crippen LogP) is 2.05. The summed E-state index contributed by atoms with van der Waals surface area (Å²) in [6.07, 6.45) is 0. The number of hydrogen-bond donors (Lipinski definition) is 0. The molecule has 84 valence electrons. The molecule has 6 nitrogen and oxygen atoms in total. The van der Waals surface area contributed by atoms with Crippen molar-refractivity contribution in [2.75, 3.05) is 0 Å². The molecule has 3 rings (SSSR count). The number of amidine groups is 1. The van der Waals surface area contributed by atoms with Crippen molar-refractivity contribution >= 4 is 39.3 Å². The predicted molar refractivity (Wildman–Crippen MR) is 69.5 cm³/mol. The van der Waals surface area contributed by atoms with E-state index in [1.165, 1.54) is 0 Å². The Morgan fingerprint density at radius 3 is 2.59 bits per heavy atom. The molecule has 0 aromatic heterocycles. The molecular formula is C8H4N6S3. The van der Waals surface area contributed by atoms with Crippen LogP contribution < -0.4 is 0 Å². The zero-order valence-corrected chi connectivity index (χ0v) is 10.7. The third-order valence-electron chi connectivity index (χ3n) is 1.94. The Morgan fingerprint density at radius 1 is 1.12 bits per heavy atom. The Kier molecular flexibility index (Phi) is 2.76. The molecule has 0 fully saturated rings. The average molecular weight is 280 g/mol. The molecule has 2 atom stereocenters. The molecule has 0 saturated heterocycles. The van der Waals surface area contributed by atoms with Gasteiger partial charge in [-0.15, -0.1) is 11.3 Å². The molecule has 2 unspecified atom stereocenters. The van der Waals surface area contributed by atoms with Gasteiger partial charge in [-0.25, -0.2) is 0 Å². The quantitative estimate of drug-likeness (QED) is 0.774. The van der Waals surface area contributed by atoms with E-state index in [2.05, 4.69) is 26.1 Å². The number of nitriles is 1. The van der Waals surface area contributed by atoms with E-state index in [4.69, 9.17) is 5.26 Å². The SMILES string of the molecule is N#Cc1ccc(C2=NS3=NS(=N2)N=S=N3)cc1. The first-order chi connectivity index (χ1) is 8.35. The fourth-order valence-electron chi connectivity index (χ4n) is 1.20. The molecule has 0 aliphatic carbocycles. The van der Waals surface area contributed by atoms with E-state index in [1.54, 1.807) is 12.1 Å². The highest BCUT2D eigenvalue weighted by molar-refractivity contribution is 8.02. The van der Waals surface area contributed by atoms with Gasteiger partial charge < -0.3 is 0 Å². The minimum absolute atomic E-state index is 0.615. The normalized spacial score (nSPS) is 24.8. The van der Waals surface area contributed by atoms with Gasteiger partial charge in [0, 0.05) is 5.56 Å². The summed E-state index contributed by atoms with van der Waals surface area (Å²) < 4.78 is 21.0. The van der Waals surface area contributed by atoms with Crippen LogP contribution in [-0.4, -0.2) is 5.84 Å². The maximum Gasteiger partial charge on any atom is 0.180 e. The molecule has 2 heterocycles. The van der Waals surface area contributed by atoms with Gasteiger partial charge in [-0.1, -0.05) is 0 Å². The zero-order valence-electron chi connectivity index (χ0n) is 8.22. The zero-order chi connectivity index (χ0) is 11.7. The first kappa shape index (κ1) is 10.6. The van der Waals surface area contributed by atoms with Gasteiger partial charge in [-0.05, 0) is 24.3 Å². The highest BCUT2D eigenvalue weighted by Gasteiger charge is 2.13. The molecule has 0 saturated carbocycles. The van der Waals surface area contributed by atoms with Crippen LogP contribution >= 0.6 is 0 Å². The summed E-state index contributed by atoms with van der Waals surface area (Å²) in [6.45, 7) is 0. The van der Waals surface area contributed by atoms with E-state index in [0.29, 0.717) is 11.4 Å². The van der Waals surface area contributed by atoms with E-state index in [0.717, 1.165) is 16.9 Å². The molecule has 0 spiro atoms. The van der Waals surface area contributed by atoms with E-state index in [-0.39, 0.29) is 0 Å². The van der Waals surface area contributed by atoms with Crippen LogP contribution in [0.2, 0.25) is 0 Å².